The number of amides is 1. The largest absolute Gasteiger partial charge is 0.506 e. The van der Waals surface area contributed by atoms with Gasteiger partial charge in [-0.3, -0.25) is 9.59 Å². The number of carbonyl (C=O) groups is 2. The molecule has 164 valence electrons. The first-order chi connectivity index (χ1) is 14.8. The zero-order valence-corrected chi connectivity index (χ0v) is 16.9. The Balaban J connectivity index is 1.75. The van der Waals surface area contributed by atoms with Gasteiger partial charge >= 0.3 is 5.97 Å². The summed E-state index contributed by atoms with van der Waals surface area (Å²) in [5, 5.41) is 22.9. The maximum atomic E-state index is 15.4. The second-order valence-corrected chi connectivity index (χ2v) is 8.45. The molecule has 0 radical (unpaired) electrons. The summed E-state index contributed by atoms with van der Waals surface area (Å²) in [6.45, 7) is 0.901. The van der Waals surface area contributed by atoms with Gasteiger partial charge in [-0.15, -0.1) is 0 Å². The maximum absolute atomic E-state index is 15.4. The smallest absolute Gasteiger partial charge is 0.345 e. The Morgan fingerprint density at radius 2 is 2.00 bits per heavy atom. The van der Waals surface area contributed by atoms with Crippen LogP contribution >= 0.6 is 0 Å². The molecule has 3 fully saturated rings. The van der Waals surface area contributed by atoms with Crippen LogP contribution in [0.2, 0.25) is 0 Å². The van der Waals surface area contributed by atoms with Crippen molar-refractivity contribution in [1.29, 1.82) is 0 Å². The molecule has 5 rings (SSSR count). The Hall–Kier alpha value is -3.30. The standard InChI is InChI=1S/C21H22FN3O6/c1-31-19-16-11(18(27)15(21(29)30)20(28)25(16)10-3-4-10)6-12(22)17(19)24-7-9-2-5-14(26)23-13(9)8-24/h6,9-10,13,27H,2-5,7-8H2,1H3,(H,23,26)(H,29,30). The number of halogens is 1. The molecule has 1 aromatic carbocycles. The molecule has 2 aromatic rings. The summed E-state index contributed by atoms with van der Waals surface area (Å²) < 4.78 is 22.3. The van der Waals surface area contributed by atoms with Crippen LogP contribution in [0, 0.1) is 11.7 Å². The molecule has 3 aliphatic rings. The summed E-state index contributed by atoms with van der Waals surface area (Å²) in [4.78, 5) is 38.1. The zero-order chi connectivity index (χ0) is 22.0. The van der Waals surface area contributed by atoms with E-state index in [4.69, 9.17) is 4.74 Å². The number of aromatic hydroxyl groups is 1. The van der Waals surface area contributed by atoms with E-state index >= 15 is 4.39 Å². The van der Waals surface area contributed by atoms with E-state index in [1.807, 2.05) is 0 Å². The minimum Gasteiger partial charge on any atom is -0.506 e. The summed E-state index contributed by atoms with van der Waals surface area (Å²) in [5.41, 5.74) is -1.27. The Bertz CT molecular complexity index is 1190. The van der Waals surface area contributed by atoms with Gasteiger partial charge in [0.15, 0.2) is 17.1 Å². The number of methoxy groups -OCH3 is 1. The SMILES string of the molecule is COc1c(N2CC3CCC(=O)NC3C2)c(F)cc2c(O)c(C(=O)O)c(=O)n(C3CC3)c12. The highest BCUT2D eigenvalue weighted by molar-refractivity contribution is 6.02. The third-order valence-electron chi connectivity index (χ3n) is 6.52. The van der Waals surface area contributed by atoms with Crippen LogP contribution in [0.4, 0.5) is 10.1 Å². The summed E-state index contributed by atoms with van der Waals surface area (Å²) in [5.74, 6) is -2.80. The molecule has 2 aliphatic heterocycles. The number of carboxylic acids is 1. The van der Waals surface area contributed by atoms with Gasteiger partial charge < -0.3 is 29.7 Å². The van der Waals surface area contributed by atoms with E-state index in [1.165, 1.54) is 11.7 Å². The van der Waals surface area contributed by atoms with Crippen molar-refractivity contribution in [2.75, 3.05) is 25.1 Å². The lowest BCUT2D eigenvalue weighted by Gasteiger charge is -2.25. The minimum absolute atomic E-state index is 0.0252. The molecule has 10 heteroatoms. The second kappa shape index (κ2) is 6.86. The Labute approximate surface area is 176 Å². The molecule has 9 nitrogen and oxygen atoms in total. The normalized spacial score (nSPS) is 23.0. The van der Waals surface area contributed by atoms with Crippen molar-refractivity contribution < 1.29 is 28.9 Å². The fourth-order valence-electron chi connectivity index (χ4n) is 4.95. The highest BCUT2D eigenvalue weighted by Gasteiger charge is 2.40. The molecule has 2 saturated heterocycles. The number of benzene rings is 1. The number of hydrogen-bond donors (Lipinski definition) is 3. The van der Waals surface area contributed by atoms with Crippen molar-refractivity contribution in [3.05, 3.63) is 27.8 Å². The maximum Gasteiger partial charge on any atom is 0.345 e. The first kappa shape index (κ1) is 19.7. The lowest BCUT2D eigenvalue weighted by atomic mass is 9.94. The first-order valence-electron chi connectivity index (χ1n) is 10.3. The van der Waals surface area contributed by atoms with Crippen LogP contribution in [0.5, 0.6) is 11.5 Å². The molecule has 1 aromatic heterocycles. The van der Waals surface area contributed by atoms with Gasteiger partial charge in [0.05, 0.1) is 13.2 Å². The summed E-state index contributed by atoms with van der Waals surface area (Å²) in [6.07, 6.45) is 2.49. The molecular formula is C21H22FN3O6. The molecular weight excluding hydrogens is 409 g/mol. The molecule has 1 aliphatic carbocycles. The van der Waals surface area contributed by atoms with Crippen molar-refractivity contribution in [2.24, 2.45) is 5.92 Å². The van der Waals surface area contributed by atoms with E-state index in [0.717, 1.165) is 6.07 Å². The third kappa shape index (κ3) is 2.92. The number of anilines is 1. The number of pyridine rings is 1. The summed E-state index contributed by atoms with van der Waals surface area (Å²) in [6, 6.07) is 0.726. The second-order valence-electron chi connectivity index (χ2n) is 8.45. The molecule has 3 N–H and O–H groups in total. The number of fused-ring (bicyclic) bond motifs is 2. The summed E-state index contributed by atoms with van der Waals surface area (Å²) >= 11 is 0. The predicted molar refractivity (Wildman–Crippen MR) is 108 cm³/mol. The van der Waals surface area contributed by atoms with Crippen LogP contribution in [0.1, 0.15) is 42.1 Å². The molecule has 0 bridgehead atoms. The van der Waals surface area contributed by atoms with E-state index in [2.05, 4.69) is 5.32 Å². The number of carbonyl (C=O) groups excluding carboxylic acids is 1. The average molecular weight is 431 g/mol. The van der Waals surface area contributed by atoms with Gasteiger partial charge in [0.1, 0.15) is 17.0 Å². The van der Waals surface area contributed by atoms with Crippen LogP contribution in [0.3, 0.4) is 0 Å². The van der Waals surface area contributed by atoms with Crippen molar-refractivity contribution in [2.45, 2.75) is 37.8 Å². The van der Waals surface area contributed by atoms with Gasteiger partial charge in [0.25, 0.3) is 5.56 Å². The fraction of sp³-hybridized carbons (Fsp3) is 0.476. The van der Waals surface area contributed by atoms with Gasteiger partial charge in [-0.1, -0.05) is 0 Å². The van der Waals surface area contributed by atoms with Gasteiger partial charge in [-0.25, -0.2) is 9.18 Å². The molecule has 2 atom stereocenters. The Kier molecular flexibility index (Phi) is 4.35. The van der Waals surface area contributed by atoms with Crippen molar-refractivity contribution in [3.63, 3.8) is 0 Å². The predicted octanol–water partition coefficient (Wildman–Crippen LogP) is 1.60. The molecule has 0 spiro atoms. The summed E-state index contributed by atoms with van der Waals surface area (Å²) in [7, 11) is 1.35. The molecule has 1 amide bonds. The number of nitrogens with one attached hydrogen (secondary N) is 1. The van der Waals surface area contributed by atoms with E-state index in [-0.39, 0.29) is 46.2 Å². The number of carboxylic acid groups (broad SMARTS) is 1. The molecule has 2 unspecified atom stereocenters. The topological polar surface area (TPSA) is 121 Å². The van der Waals surface area contributed by atoms with E-state index in [9.17, 15) is 24.6 Å². The van der Waals surface area contributed by atoms with E-state index < -0.39 is 28.7 Å². The van der Waals surface area contributed by atoms with Gasteiger partial charge in [-0.2, -0.15) is 0 Å². The lowest BCUT2D eigenvalue weighted by molar-refractivity contribution is -0.123. The van der Waals surface area contributed by atoms with Crippen LogP contribution in [-0.2, 0) is 4.79 Å². The third-order valence-corrected chi connectivity index (χ3v) is 6.52. The Morgan fingerprint density at radius 1 is 1.26 bits per heavy atom. The molecule has 31 heavy (non-hydrogen) atoms. The van der Waals surface area contributed by atoms with Gasteiger partial charge in [-0.05, 0) is 31.2 Å². The van der Waals surface area contributed by atoms with Crippen molar-refractivity contribution in [3.8, 4) is 11.5 Å². The number of ether oxygens (including phenoxy) is 1. The van der Waals surface area contributed by atoms with Crippen LogP contribution in [0.25, 0.3) is 10.9 Å². The van der Waals surface area contributed by atoms with Crippen LogP contribution in [-0.4, -0.2) is 52.9 Å². The number of rotatable bonds is 4. The van der Waals surface area contributed by atoms with Crippen LogP contribution in [0.15, 0.2) is 10.9 Å². The van der Waals surface area contributed by atoms with Gasteiger partial charge in [0.2, 0.25) is 5.91 Å². The minimum atomic E-state index is -1.57. The number of hydrogen-bond acceptors (Lipinski definition) is 6. The quantitative estimate of drug-likeness (QED) is 0.672. The zero-order valence-electron chi connectivity index (χ0n) is 16.9. The fourth-order valence-corrected chi connectivity index (χ4v) is 4.95. The number of piperidine rings is 1. The van der Waals surface area contributed by atoms with E-state index in [0.29, 0.717) is 38.8 Å². The lowest BCUT2D eigenvalue weighted by Crippen LogP contribution is -2.44. The van der Waals surface area contributed by atoms with Crippen molar-refractivity contribution in [1.82, 2.24) is 9.88 Å². The average Bonchev–Trinajstić information content (AvgIpc) is 3.46. The first-order valence-corrected chi connectivity index (χ1v) is 10.3. The van der Waals surface area contributed by atoms with Gasteiger partial charge in [0, 0.05) is 30.9 Å². The number of nitrogens with zero attached hydrogens (tertiary/aromatic N) is 2. The molecule has 3 heterocycles. The molecule has 1 saturated carbocycles. The Morgan fingerprint density at radius 3 is 2.65 bits per heavy atom. The van der Waals surface area contributed by atoms with Crippen molar-refractivity contribution >= 4 is 28.5 Å². The highest BCUT2D eigenvalue weighted by atomic mass is 19.1. The number of aromatic nitrogens is 1. The van der Waals surface area contributed by atoms with E-state index in [1.54, 1.807) is 4.90 Å². The van der Waals surface area contributed by atoms with Crippen LogP contribution < -0.4 is 20.5 Å². The highest BCUT2D eigenvalue weighted by Crippen LogP contribution is 2.47. The monoisotopic (exact) mass is 431 g/mol. The number of aromatic carboxylic acids is 1.